The van der Waals surface area contributed by atoms with Gasteiger partial charge in [-0.15, -0.1) is 0 Å². The van der Waals surface area contributed by atoms with Gasteiger partial charge in [-0.2, -0.15) is 10.1 Å². The number of nitrogens with zero attached hydrogens (tertiary/aromatic N) is 6. The molecule has 0 saturated carbocycles. The lowest BCUT2D eigenvalue weighted by Crippen LogP contribution is -2.26. The highest BCUT2D eigenvalue weighted by Gasteiger charge is 2.20. The van der Waals surface area contributed by atoms with Crippen LogP contribution >= 0.6 is 0 Å². The molecule has 0 radical (unpaired) electrons. The van der Waals surface area contributed by atoms with E-state index in [9.17, 15) is 4.79 Å². The van der Waals surface area contributed by atoms with Crippen LogP contribution in [0.25, 0.3) is 11.0 Å². The normalized spacial score (nSPS) is 11.8. The van der Waals surface area contributed by atoms with Gasteiger partial charge in [-0.1, -0.05) is 0 Å². The summed E-state index contributed by atoms with van der Waals surface area (Å²) in [5, 5.41) is 4.79. The molecular weight excluding hydrogens is 294 g/mol. The molecular formula is C15H19N7O. The standard InChI is InChI=1S/C15H19N7O/c1-15(2,3)22-12-11(8-18-22)13(23)20-14(19-12)21(4)9-10-7-16-5-6-17-10/h5-8H,9H2,1-4H3,(H,19,20,23). The number of aromatic nitrogens is 6. The molecule has 0 bridgehead atoms. The second-order valence-electron chi connectivity index (χ2n) is 6.41. The zero-order chi connectivity index (χ0) is 16.6. The van der Waals surface area contributed by atoms with Crippen molar-refractivity contribution in [3.63, 3.8) is 0 Å². The zero-order valence-corrected chi connectivity index (χ0v) is 13.6. The molecule has 0 spiro atoms. The van der Waals surface area contributed by atoms with Crippen LogP contribution in [0.4, 0.5) is 5.95 Å². The first-order chi connectivity index (χ1) is 10.9. The molecule has 0 atom stereocenters. The number of nitrogens with one attached hydrogen (secondary N) is 1. The van der Waals surface area contributed by atoms with Crippen LogP contribution in [0.5, 0.6) is 0 Å². The molecule has 0 fully saturated rings. The molecule has 3 aromatic rings. The minimum absolute atomic E-state index is 0.202. The third-order valence-corrected chi connectivity index (χ3v) is 3.44. The monoisotopic (exact) mass is 313 g/mol. The summed E-state index contributed by atoms with van der Waals surface area (Å²) < 4.78 is 1.76. The Morgan fingerprint density at radius 2 is 2.04 bits per heavy atom. The maximum atomic E-state index is 12.3. The predicted octanol–water partition coefficient (Wildman–Crippen LogP) is 1.30. The van der Waals surface area contributed by atoms with Crippen molar-refractivity contribution >= 4 is 17.0 Å². The van der Waals surface area contributed by atoms with E-state index in [2.05, 4.69) is 25.0 Å². The van der Waals surface area contributed by atoms with E-state index in [1.165, 1.54) is 0 Å². The Hall–Kier alpha value is -2.77. The van der Waals surface area contributed by atoms with Crippen LogP contribution in [0.1, 0.15) is 26.5 Å². The van der Waals surface area contributed by atoms with E-state index in [0.717, 1.165) is 5.69 Å². The lowest BCUT2D eigenvalue weighted by Gasteiger charge is -2.21. The van der Waals surface area contributed by atoms with E-state index < -0.39 is 0 Å². The van der Waals surface area contributed by atoms with Gasteiger partial charge >= 0.3 is 0 Å². The fraction of sp³-hybridized carbons (Fsp3) is 0.400. The van der Waals surface area contributed by atoms with Crippen molar-refractivity contribution in [1.29, 1.82) is 0 Å². The van der Waals surface area contributed by atoms with Crippen molar-refractivity contribution < 1.29 is 0 Å². The van der Waals surface area contributed by atoms with Gasteiger partial charge in [-0.3, -0.25) is 19.7 Å². The van der Waals surface area contributed by atoms with E-state index in [4.69, 9.17) is 0 Å². The van der Waals surface area contributed by atoms with Gasteiger partial charge in [0, 0.05) is 19.4 Å². The van der Waals surface area contributed by atoms with Crippen LogP contribution in [0.2, 0.25) is 0 Å². The molecule has 0 aliphatic carbocycles. The van der Waals surface area contributed by atoms with Crippen molar-refractivity contribution in [2.75, 3.05) is 11.9 Å². The van der Waals surface area contributed by atoms with Crippen molar-refractivity contribution in [3.05, 3.63) is 40.8 Å². The number of H-pyrrole nitrogens is 1. The minimum atomic E-state index is -0.261. The second kappa shape index (κ2) is 5.45. The molecule has 0 aromatic carbocycles. The van der Waals surface area contributed by atoms with E-state index in [1.54, 1.807) is 29.5 Å². The molecule has 0 saturated heterocycles. The summed E-state index contributed by atoms with van der Waals surface area (Å²) in [5.41, 5.74) is 0.902. The van der Waals surface area contributed by atoms with Gasteiger partial charge in [0.1, 0.15) is 5.39 Å². The highest BCUT2D eigenvalue weighted by atomic mass is 16.1. The lowest BCUT2D eigenvalue weighted by atomic mass is 10.1. The molecule has 1 N–H and O–H groups in total. The van der Waals surface area contributed by atoms with Crippen LogP contribution in [-0.2, 0) is 12.1 Å². The van der Waals surface area contributed by atoms with Gasteiger partial charge in [0.2, 0.25) is 5.95 Å². The van der Waals surface area contributed by atoms with Crippen molar-refractivity contribution in [1.82, 2.24) is 29.7 Å². The number of fused-ring (bicyclic) bond motifs is 1. The van der Waals surface area contributed by atoms with Crippen molar-refractivity contribution in [2.45, 2.75) is 32.9 Å². The maximum absolute atomic E-state index is 12.3. The number of aromatic amines is 1. The van der Waals surface area contributed by atoms with Crippen LogP contribution < -0.4 is 10.5 Å². The van der Waals surface area contributed by atoms with Gasteiger partial charge in [-0.05, 0) is 20.8 Å². The summed E-state index contributed by atoms with van der Waals surface area (Å²) in [4.78, 5) is 29.8. The Morgan fingerprint density at radius 3 is 2.70 bits per heavy atom. The average Bonchev–Trinajstić information content (AvgIpc) is 2.92. The van der Waals surface area contributed by atoms with Gasteiger partial charge in [0.05, 0.1) is 30.2 Å². The van der Waals surface area contributed by atoms with Crippen LogP contribution in [0.15, 0.2) is 29.6 Å². The van der Waals surface area contributed by atoms with Gasteiger partial charge in [0.15, 0.2) is 5.65 Å². The topological polar surface area (TPSA) is 92.6 Å². The number of anilines is 1. The Balaban J connectivity index is 2.03. The third kappa shape index (κ3) is 2.92. The van der Waals surface area contributed by atoms with Crippen LogP contribution in [0, 0.1) is 0 Å². The molecule has 120 valence electrons. The minimum Gasteiger partial charge on any atom is -0.339 e. The average molecular weight is 313 g/mol. The first-order valence-corrected chi connectivity index (χ1v) is 7.31. The molecule has 3 aromatic heterocycles. The van der Waals surface area contributed by atoms with E-state index in [-0.39, 0.29) is 11.1 Å². The molecule has 3 heterocycles. The number of hydrogen-bond donors (Lipinski definition) is 1. The number of hydrogen-bond acceptors (Lipinski definition) is 6. The van der Waals surface area contributed by atoms with Gasteiger partial charge < -0.3 is 4.90 Å². The molecule has 8 heteroatoms. The lowest BCUT2D eigenvalue weighted by molar-refractivity contribution is 0.366. The van der Waals surface area contributed by atoms with E-state index >= 15 is 0 Å². The maximum Gasteiger partial charge on any atom is 0.263 e. The number of rotatable bonds is 3. The molecule has 0 aliphatic heterocycles. The smallest absolute Gasteiger partial charge is 0.263 e. The fourth-order valence-corrected chi connectivity index (χ4v) is 2.31. The van der Waals surface area contributed by atoms with E-state index in [1.807, 2.05) is 32.7 Å². The highest BCUT2D eigenvalue weighted by Crippen LogP contribution is 2.19. The summed E-state index contributed by atoms with van der Waals surface area (Å²) in [6, 6.07) is 0. The molecule has 3 rings (SSSR count). The van der Waals surface area contributed by atoms with Crippen LogP contribution in [0.3, 0.4) is 0 Å². The Bertz CT molecular complexity index is 876. The predicted molar refractivity (Wildman–Crippen MR) is 87.3 cm³/mol. The summed E-state index contributed by atoms with van der Waals surface area (Å²) in [7, 11) is 1.84. The Labute approximate surface area is 133 Å². The van der Waals surface area contributed by atoms with E-state index in [0.29, 0.717) is 23.5 Å². The molecule has 0 aliphatic rings. The summed E-state index contributed by atoms with van der Waals surface area (Å²) >= 11 is 0. The second-order valence-corrected chi connectivity index (χ2v) is 6.41. The van der Waals surface area contributed by atoms with Gasteiger partial charge in [0.25, 0.3) is 5.56 Å². The largest absolute Gasteiger partial charge is 0.339 e. The quantitative estimate of drug-likeness (QED) is 0.783. The van der Waals surface area contributed by atoms with Crippen LogP contribution in [-0.4, -0.2) is 36.8 Å². The summed E-state index contributed by atoms with van der Waals surface area (Å²) in [6.45, 7) is 6.55. The fourth-order valence-electron chi connectivity index (χ4n) is 2.31. The third-order valence-electron chi connectivity index (χ3n) is 3.44. The first-order valence-electron chi connectivity index (χ1n) is 7.31. The Kier molecular flexibility index (Phi) is 3.59. The Morgan fingerprint density at radius 1 is 1.26 bits per heavy atom. The SMILES string of the molecule is CN(Cc1cnccn1)c1nc2c(cnn2C(C)(C)C)c(=O)[nH]1. The van der Waals surface area contributed by atoms with Crippen molar-refractivity contribution in [3.8, 4) is 0 Å². The summed E-state index contributed by atoms with van der Waals surface area (Å²) in [5.74, 6) is 0.471. The highest BCUT2D eigenvalue weighted by molar-refractivity contribution is 5.74. The zero-order valence-electron chi connectivity index (χ0n) is 13.6. The summed E-state index contributed by atoms with van der Waals surface area (Å²) in [6.07, 6.45) is 6.50. The van der Waals surface area contributed by atoms with Crippen molar-refractivity contribution in [2.24, 2.45) is 0 Å². The molecule has 0 unspecified atom stereocenters. The molecule has 23 heavy (non-hydrogen) atoms. The molecule has 8 nitrogen and oxygen atoms in total. The van der Waals surface area contributed by atoms with Gasteiger partial charge in [-0.25, -0.2) is 4.68 Å². The first kappa shape index (κ1) is 15.1. The molecule has 0 amide bonds.